The summed E-state index contributed by atoms with van der Waals surface area (Å²) in [5.41, 5.74) is 2.44. The fourth-order valence-electron chi connectivity index (χ4n) is 4.36. The Labute approximate surface area is 193 Å². The van der Waals surface area contributed by atoms with E-state index in [0.29, 0.717) is 11.3 Å². The molecule has 0 aliphatic carbocycles. The van der Waals surface area contributed by atoms with Crippen LogP contribution in [0.1, 0.15) is 28.9 Å². The summed E-state index contributed by atoms with van der Waals surface area (Å²) >= 11 is 3.50. The molecule has 160 valence electrons. The first-order chi connectivity index (χ1) is 15.5. The first kappa shape index (κ1) is 20.6. The first-order valence-electron chi connectivity index (χ1n) is 10.2. The second kappa shape index (κ2) is 8.00. The Morgan fingerprint density at radius 2 is 1.59 bits per heavy atom. The summed E-state index contributed by atoms with van der Waals surface area (Å²) in [4.78, 5) is 46.1. The minimum Gasteiger partial charge on any atom is -0.295 e. The molecule has 0 spiro atoms. The second-order valence-electron chi connectivity index (χ2n) is 7.83. The molecule has 0 bridgehead atoms. The van der Waals surface area contributed by atoms with Crippen LogP contribution in [-0.4, -0.2) is 23.7 Å². The maximum atomic E-state index is 13.6. The number of hydrogen-bond acceptors (Lipinski definition) is 5. The van der Waals surface area contributed by atoms with Crippen LogP contribution < -0.4 is 9.96 Å². The number of ketones is 1. The van der Waals surface area contributed by atoms with E-state index in [1.807, 2.05) is 54.6 Å². The average Bonchev–Trinajstić information content (AvgIpc) is 3.30. The van der Waals surface area contributed by atoms with Gasteiger partial charge in [-0.25, -0.2) is 9.96 Å². The van der Waals surface area contributed by atoms with E-state index in [9.17, 15) is 14.4 Å². The maximum Gasteiger partial charge on any atom is 0.266 e. The number of amides is 2. The molecular weight excluding hydrogens is 472 g/mol. The molecule has 0 saturated carbocycles. The number of rotatable bonds is 4. The predicted molar refractivity (Wildman–Crippen MR) is 123 cm³/mol. The highest BCUT2D eigenvalue weighted by atomic mass is 79.9. The van der Waals surface area contributed by atoms with Crippen molar-refractivity contribution in [3.8, 4) is 0 Å². The number of anilines is 2. The molecule has 2 aliphatic heterocycles. The van der Waals surface area contributed by atoms with E-state index in [-0.39, 0.29) is 11.7 Å². The number of carbonyl (C=O) groups is 3. The van der Waals surface area contributed by atoms with Crippen molar-refractivity contribution in [2.24, 2.45) is 5.92 Å². The molecule has 2 fully saturated rings. The lowest BCUT2D eigenvalue weighted by Gasteiger charge is -2.29. The van der Waals surface area contributed by atoms with Crippen molar-refractivity contribution in [1.29, 1.82) is 0 Å². The van der Waals surface area contributed by atoms with E-state index in [1.54, 1.807) is 29.3 Å². The summed E-state index contributed by atoms with van der Waals surface area (Å²) in [6.45, 7) is 1.45. The van der Waals surface area contributed by atoms with Crippen molar-refractivity contribution in [3.63, 3.8) is 0 Å². The fraction of sp³-hybridized carbons (Fsp3) is 0.160. The van der Waals surface area contributed by atoms with Crippen LogP contribution in [0.15, 0.2) is 83.3 Å². The van der Waals surface area contributed by atoms with Crippen molar-refractivity contribution in [1.82, 2.24) is 0 Å². The van der Waals surface area contributed by atoms with Crippen LogP contribution in [0, 0.1) is 5.92 Å². The highest BCUT2D eigenvalue weighted by molar-refractivity contribution is 9.10. The zero-order chi connectivity index (χ0) is 22.4. The van der Waals surface area contributed by atoms with Gasteiger partial charge in [-0.3, -0.25) is 19.2 Å². The molecule has 6 nitrogen and oxygen atoms in total. The van der Waals surface area contributed by atoms with E-state index < -0.39 is 24.0 Å². The highest BCUT2D eigenvalue weighted by Gasteiger charge is 2.60. The molecule has 7 heteroatoms. The lowest BCUT2D eigenvalue weighted by atomic mass is 9.90. The molecule has 2 heterocycles. The number of carbonyl (C=O) groups excluding carboxylic acids is 3. The molecule has 0 unspecified atom stereocenters. The number of hydrogen-bond donors (Lipinski definition) is 0. The van der Waals surface area contributed by atoms with Crippen LogP contribution in [0.2, 0.25) is 0 Å². The Bertz CT molecular complexity index is 1230. The molecule has 5 rings (SSSR count). The Morgan fingerprint density at radius 1 is 0.875 bits per heavy atom. The third-order valence-electron chi connectivity index (χ3n) is 5.83. The van der Waals surface area contributed by atoms with Crippen LogP contribution in [0.4, 0.5) is 11.4 Å². The van der Waals surface area contributed by atoms with Crippen LogP contribution >= 0.6 is 15.9 Å². The number of halogens is 1. The Kier molecular flexibility index (Phi) is 5.15. The van der Waals surface area contributed by atoms with E-state index >= 15 is 0 Å². The standard InChI is InChI=1S/C25H19BrN2O4/c1-15(29)16-7-6-12-20(14-16)27-24(30)21-22(17-8-5-9-18(26)13-17)28(32-23(21)25(27)31)19-10-3-2-4-11-19/h2-14,21-23H,1H3/t21-,22+,23+/m1/s1. The molecule has 0 aromatic heterocycles. The molecular formula is C25H19BrN2O4. The van der Waals surface area contributed by atoms with E-state index in [1.165, 1.54) is 6.92 Å². The number of fused-ring (bicyclic) bond motifs is 1. The van der Waals surface area contributed by atoms with Crippen molar-refractivity contribution >= 4 is 44.9 Å². The monoisotopic (exact) mass is 490 g/mol. The maximum absolute atomic E-state index is 13.6. The quantitative estimate of drug-likeness (QED) is 0.391. The van der Waals surface area contributed by atoms with Gasteiger partial charge < -0.3 is 0 Å². The van der Waals surface area contributed by atoms with Gasteiger partial charge in [0.25, 0.3) is 5.91 Å². The van der Waals surface area contributed by atoms with Gasteiger partial charge >= 0.3 is 0 Å². The summed E-state index contributed by atoms with van der Waals surface area (Å²) in [6.07, 6.45) is -0.951. The Hall–Kier alpha value is -3.29. The van der Waals surface area contributed by atoms with Gasteiger partial charge in [-0.2, -0.15) is 0 Å². The van der Waals surface area contributed by atoms with Gasteiger partial charge in [-0.15, -0.1) is 0 Å². The average molecular weight is 491 g/mol. The minimum absolute atomic E-state index is 0.135. The van der Waals surface area contributed by atoms with Gasteiger partial charge in [0, 0.05) is 10.0 Å². The molecule has 2 saturated heterocycles. The molecule has 0 radical (unpaired) electrons. The topological polar surface area (TPSA) is 66.9 Å². The minimum atomic E-state index is -0.951. The molecule has 0 N–H and O–H groups in total. The van der Waals surface area contributed by atoms with Gasteiger partial charge in [0.2, 0.25) is 5.91 Å². The van der Waals surface area contributed by atoms with Gasteiger partial charge in [0.15, 0.2) is 11.9 Å². The molecule has 32 heavy (non-hydrogen) atoms. The number of imide groups is 1. The van der Waals surface area contributed by atoms with Crippen LogP contribution in [-0.2, 0) is 14.4 Å². The van der Waals surface area contributed by atoms with Gasteiger partial charge in [-0.1, -0.05) is 58.4 Å². The van der Waals surface area contributed by atoms with E-state index in [0.717, 1.165) is 20.6 Å². The molecule has 3 aromatic rings. The zero-order valence-electron chi connectivity index (χ0n) is 17.1. The van der Waals surface area contributed by atoms with Crippen LogP contribution in [0.3, 0.4) is 0 Å². The molecule has 3 atom stereocenters. The van der Waals surface area contributed by atoms with Crippen LogP contribution in [0.5, 0.6) is 0 Å². The zero-order valence-corrected chi connectivity index (χ0v) is 18.7. The van der Waals surface area contributed by atoms with Crippen molar-refractivity contribution in [2.45, 2.75) is 19.1 Å². The third kappa shape index (κ3) is 3.34. The van der Waals surface area contributed by atoms with Gasteiger partial charge in [0.05, 0.1) is 17.4 Å². The number of para-hydroxylation sites is 1. The largest absolute Gasteiger partial charge is 0.295 e. The van der Waals surface area contributed by atoms with Gasteiger partial charge in [-0.05, 0) is 48.9 Å². The van der Waals surface area contributed by atoms with Crippen molar-refractivity contribution < 1.29 is 19.2 Å². The third-order valence-corrected chi connectivity index (χ3v) is 6.32. The highest BCUT2D eigenvalue weighted by Crippen LogP contribution is 2.47. The number of Topliss-reactive ketones (excluding diaryl/α,β-unsaturated/α-hetero) is 1. The molecule has 2 amide bonds. The first-order valence-corrected chi connectivity index (χ1v) is 11.0. The molecule has 2 aliphatic rings. The number of benzene rings is 3. The summed E-state index contributed by atoms with van der Waals surface area (Å²) in [5, 5.41) is 1.66. The number of nitrogens with zero attached hydrogens (tertiary/aromatic N) is 2. The smallest absolute Gasteiger partial charge is 0.266 e. The van der Waals surface area contributed by atoms with Crippen LogP contribution in [0.25, 0.3) is 0 Å². The summed E-state index contributed by atoms with van der Waals surface area (Å²) < 4.78 is 0.870. The second-order valence-corrected chi connectivity index (χ2v) is 8.75. The summed E-state index contributed by atoms with van der Waals surface area (Å²) in [6, 6.07) is 23.2. The lowest BCUT2D eigenvalue weighted by Crippen LogP contribution is -2.37. The Balaban J connectivity index is 1.58. The van der Waals surface area contributed by atoms with Gasteiger partial charge in [0.1, 0.15) is 5.92 Å². The lowest BCUT2D eigenvalue weighted by molar-refractivity contribution is -0.126. The fourth-order valence-corrected chi connectivity index (χ4v) is 4.78. The number of hydroxylamine groups is 1. The molecule has 3 aromatic carbocycles. The van der Waals surface area contributed by atoms with E-state index in [4.69, 9.17) is 4.84 Å². The van der Waals surface area contributed by atoms with Crippen molar-refractivity contribution in [2.75, 3.05) is 9.96 Å². The van der Waals surface area contributed by atoms with Crippen molar-refractivity contribution in [3.05, 3.63) is 94.5 Å². The normalized spacial score (nSPS) is 22.4. The SMILES string of the molecule is CC(=O)c1cccc(N2C(=O)[C@H]3[C@H](ON(c4ccccc4)[C@H]3c3cccc(Br)c3)C2=O)c1. The Morgan fingerprint density at radius 3 is 2.31 bits per heavy atom. The summed E-state index contributed by atoms with van der Waals surface area (Å²) in [7, 11) is 0. The predicted octanol–water partition coefficient (Wildman–Crippen LogP) is 4.70. The van der Waals surface area contributed by atoms with E-state index in [2.05, 4.69) is 15.9 Å². The summed E-state index contributed by atoms with van der Waals surface area (Å²) in [5.74, 6) is -1.63.